The monoisotopic (exact) mass is 380 g/mol. The second-order valence-corrected chi connectivity index (χ2v) is 8.96. The number of hydrogen-bond donors (Lipinski definition) is 0. The van der Waals surface area contributed by atoms with E-state index in [-0.39, 0.29) is 10.8 Å². The average molecular weight is 381 g/mol. The van der Waals surface area contributed by atoms with Crippen LogP contribution >= 0.6 is 0 Å². The fourth-order valence-electron chi connectivity index (χ4n) is 3.57. The highest BCUT2D eigenvalue weighted by atomic mass is 32.2. The van der Waals surface area contributed by atoms with Gasteiger partial charge < -0.3 is 9.64 Å². The molecule has 0 spiro atoms. The largest absolute Gasteiger partial charge is 0.379 e. The molecule has 1 amide bonds. The van der Waals surface area contributed by atoms with E-state index in [9.17, 15) is 13.2 Å². The molecule has 1 aromatic rings. The molecule has 2 heterocycles. The van der Waals surface area contributed by atoms with Crippen LogP contribution in [0, 0.1) is 6.92 Å². The highest BCUT2D eigenvalue weighted by molar-refractivity contribution is 7.89. The van der Waals surface area contributed by atoms with E-state index in [1.807, 2.05) is 4.90 Å². The molecule has 0 aromatic heterocycles. The summed E-state index contributed by atoms with van der Waals surface area (Å²) in [5.74, 6) is -0.0645. The summed E-state index contributed by atoms with van der Waals surface area (Å²) in [6.07, 6.45) is 5.55. The van der Waals surface area contributed by atoms with Crippen LogP contribution in [0.5, 0.6) is 0 Å². The van der Waals surface area contributed by atoms with Gasteiger partial charge in [0.15, 0.2) is 0 Å². The Labute approximate surface area is 156 Å². The van der Waals surface area contributed by atoms with Crippen molar-refractivity contribution in [2.24, 2.45) is 0 Å². The van der Waals surface area contributed by atoms with E-state index in [0.717, 1.165) is 38.8 Å². The summed E-state index contributed by atoms with van der Waals surface area (Å²) in [5.41, 5.74) is 1.13. The number of benzene rings is 1. The molecule has 2 saturated heterocycles. The summed E-state index contributed by atoms with van der Waals surface area (Å²) < 4.78 is 32.7. The Morgan fingerprint density at radius 3 is 2.23 bits per heavy atom. The SMILES string of the molecule is Cc1ccc(C(=O)N2CCCCCCC2)cc1S(=O)(=O)N1CCOCC1. The molecule has 2 aliphatic heterocycles. The zero-order chi connectivity index (χ0) is 18.6. The third-order valence-corrected chi connectivity index (χ3v) is 7.21. The molecule has 0 bridgehead atoms. The van der Waals surface area contributed by atoms with Gasteiger partial charge in [-0.3, -0.25) is 4.79 Å². The van der Waals surface area contributed by atoms with E-state index in [1.54, 1.807) is 25.1 Å². The molecule has 2 fully saturated rings. The van der Waals surface area contributed by atoms with Gasteiger partial charge >= 0.3 is 0 Å². The predicted octanol–water partition coefficient (Wildman–Crippen LogP) is 2.42. The molecular weight excluding hydrogens is 352 g/mol. The molecular formula is C19H28N2O4S. The summed E-state index contributed by atoms with van der Waals surface area (Å²) in [5, 5.41) is 0. The minimum absolute atomic E-state index is 0.0645. The molecule has 0 N–H and O–H groups in total. The lowest BCUT2D eigenvalue weighted by Gasteiger charge is -2.27. The quantitative estimate of drug-likeness (QED) is 0.808. The fraction of sp³-hybridized carbons (Fsp3) is 0.632. The first-order chi connectivity index (χ1) is 12.5. The smallest absolute Gasteiger partial charge is 0.253 e. The molecule has 144 valence electrons. The number of carbonyl (C=O) groups excluding carboxylic acids is 1. The van der Waals surface area contributed by atoms with Gasteiger partial charge in [0.1, 0.15) is 0 Å². The maximum Gasteiger partial charge on any atom is 0.253 e. The van der Waals surface area contributed by atoms with Gasteiger partial charge in [-0.2, -0.15) is 4.31 Å². The van der Waals surface area contributed by atoms with Crippen LogP contribution in [0.15, 0.2) is 23.1 Å². The van der Waals surface area contributed by atoms with Crippen molar-refractivity contribution < 1.29 is 17.9 Å². The van der Waals surface area contributed by atoms with Crippen molar-refractivity contribution in [3.63, 3.8) is 0 Å². The van der Waals surface area contributed by atoms with Gasteiger partial charge in [0.05, 0.1) is 18.1 Å². The third kappa shape index (κ3) is 4.27. The van der Waals surface area contributed by atoms with E-state index in [2.05, 4.69) is 0 Å². The van der Waals surface area contributed by atoms with Crippen LogP contribution in [0.4, 0.5) is 0 Å². The average Bonchev–Trinajstić information content (AvgIpc) is 2.62. The van der Waals surface area contributed by atoms with E-state index >= 15 is 0 Å². The molecule has 1 aromatic carbocycles. The summed E-state index contributed by atoms with van der Waals surface area (Å²) in [6, 6.07) is 5.04. The number of likely N-dealkylation sites (tertiary alicyclic amines) is 1. The van der Waals surface area contributed by atoms with E-state index in [0.29, 0.717) is 37.4 Å². The fourth-order valence-corrected chi connectivity index (χ4v) is 5.23. The van der Waals surface area contributed by atoms with Crippen molar-refractivity contribution in [1.29, 1.82) is 0 Å². The number of aryl methyl sites for hydroxylation is 1. The van der Waals surface area contributed by atoms with Gasteiger partial charge in [0.2, 0.25) is 10.0 Å². The van der Waals surface area contributed by atoms with Crippen molar-refractivity contribution in [1.82, 2.24) is 9.21 Å². The first-order valence-corrected chi connectivity index (χ1v) is 10.9. The van der Waals surface area contributed by atoms with Crippen LogP contribution in [0.25, 0.3) is 0 Å². The summed E-state index contributed by atoms with van der Waals surface area (Å²) in [7, 11) is -3.61. The Morgan fingerprint density at radius 1 is 0.962 bits per heavy atom. The molecule has 0 aliphatic carbocycles. The van der Waals surface area contributed by atoms with Crippen molar-refractivity contribution >= 4 is 15.9 Å². The van der Waals surface area contributed by atoms with E-state index in [1.165, 1.54) is 10.7 Å². The molecule has 2 aliphatic rings. The Morgan fingerprint density at radius 2 is 1.58 bits per heavy atom. The second kappa shape index (κ2) is 8.50. The molecule has 0 atom stereocenters. The number of nitrogens with zero attached hydrogens (tertiary/aromatic N) is 2. The van der Waals surface area contributed by atoms with Crippen LogP contribution in [0.3, 0.4) is 0 Å². The second-order valence-electron chi connectivity index (χ2n) is 7.06. The molecule has 26 heavy (non-hydrogen) atoms. The lowest BCUT2D eigenvalue weighted by atomic mass is 10.1. The molecule has 0 unspecified atom stereocenters. The van der Waals surface area contributed by atoms with Gasteiger partial charge in [-0.15, -0.1) is 0 Å². The maximum absolute atomic E-state index is 13.0. The molecule has 0 radical (unpaired) electrons. The number of hydrogen-bond acceptors (Lipinski definition) is 4. The molecule has 3 rings (SSSR count). The number of morpholine rings is 1. The lowest BCUT2D eigenvalue weighted by Crippen LogP contribution is -2.41. The molecule has 0 saturated carbocycles. The van der Waals surface area contributed by atoms with Gasteiger partial charge in [0.25, 0.3) is 5.91 Å². The zero-order valence-corrected chi connectivity index (χ0v) is 16.3. The Balaban J connectivity index is 1.85. The maximum atomic E-state index is 13.0. The number of amides is 1. The van der Waals surface area contributed by atoms with Crippen LogP contribution in [0.2, 0.25) is 0 Å². The van der Waals surface area contributed by atoms with Crippen LogP contribution in [0.1, 0.15) is 48.0 Å². The van der Waals surface area contributed by atoms with Gasteiger partial charge in [-0.1, -0.05) is 25.3 Å². The first kappa shape index (κ1) is 19.3. The van der Waals surface area contributed by atoms with Gasteiger partial charge in [0, 0.05) is 31.7 Å². The highest BCUT2D eigenvalue weighted by Gasteiger charge is 2.29. The number of sulfonamides is 1. The molecule has 6 nitrogen and oxygen atoms in total. The molecule has 7 heteroatoms. The topological polar surface area (TPSA) is 66.9 Å². The number of ether oxygens (including phenoxy) is 1. The number of rotatable bonds is 3. The van der Waals surface area contributed by atoms with Crippen LogP contribution < -0.4 is 0 Å². The first-order valence-electron chi connectivity index (χ1n) is 9.48. The van der Waals surface area contributed by atoms with Crippen LogP contribution in [-0.2, 0) is 14.8 Å². The standard InChI is InChI=1S/C19H28N2O4S/c1-16-7-8-17(19(22)20-9-5-3-2-4-6-10-20)15-18(16)26(23,24)21-11-13-25-14-12-21/h7-8,15H,2-6,9-14H2,1H3. The summed E-state index contributed by atoms with van der Waals surface area (Å²) in [6.45, 7) is 4.79. The van der Waals surface area contributed by atoms with Crippen LogP contribution in [-0.4, -0.2) is 62.9 Å². The summed E-state index contributed by atoms with van der Waals surface area (Å²) >= 11 is 0. The predicted molar refractivity (Wildman–Crippen MR) is 99.7 cm³/mol. The lowest BCUT2D eigenvalue weighted by molar-refractivity contribution is 0.0728. The zero-order valence-electron chi connectivity index (χ0n) is 15.4. The van der Waals surface area contributed by atoms with E-state index in [4.69, 9.17) is 4.74 Å². The Hall–Kier alpha value is -1.44. The number of carbonyl (C=O) groups is 1. The Bertz CT molecular complexity index is 734. The Kier molecular flexibility index (Phi) is 6.32. The van der Waals surface area contributed by atoms with Crippen molar-refractivity contribution in [2.45, 2.75) is 43.9 Å². The normalized spacial score (nSPS) is 20.4. The minimum Gasteiger partial charge on any atom is -0.379 e. The van der Waals surface area contributed by atoms with Gasteiger partial charge in [-0.25, -0.2) is 8.42 Å². The van der Waals surface area contributed by atoms with Crippen molar-refractivity contribution in [3.8, 4) is 0 Å². The van der Waals surface area contributed by atoms with Gasteiger partial charge in [-0.05, 0) is 37.5 Å². The van der Waals surface area contributed by atoms with Crippen molar-refractivity contribution in [3.05, 3.63) is 29.3 Å². The third-order valence-electron chi connectivity index (χ3n) is 5.17. The van der Waals surface area contributed by atoms with Crippen molar-refractivity contribution in [2.75, 3.05) is 39.4 Å². The summed E-state index contributed by atoms with van der Waals surface area (Å²) in [4.78, 5) is 15.0. The highest BCUT2D eigenvalue weighted by Crippen LogP contribution is 2.23. The minimum atomic E-state index is -3.61. The van der Waals surface area contributed by atoms with E-state index < -0.39 is 10.0 Å².